The molecule has 1 aliphatic heterocycles. The maximum absolute atomic E-state index is 11.0. The molecule has 0 amide bonds. The van der Waals surface area contributed by atoms with Crippen LogP contribution in [-0.2, 0) is 0 Å². The van der Waals surface area contributed by atoms with E-state index in [1.165, 1.54) is 19.3 Å². The van der Waals surface area contributed by atoms with Crippen molar-refractivity contribution in [3.05, 3.63) is 28.8 Å². The molecule has 4 heteroatoms. The van der Waals surface area contributed by atoms with Crippen LogP contribution in [0, 0.1) is 10.8 Å². The van der Waals surface area contributed by atoms with Crippen LogP contribution in [0.25, 0.3) is 0 Å². The number of unbranched alkanes of at least 4 members (excludes halogenated alkanes) is 2. The Kier molecular flexibility index (Phi) is 8.54. The fourth-order valence-electron chi connectivity index (χ4n) is 3.61. The second-order valence-electron chi connectivity index (χ2n) is 6.90. The van der Waals surface area contributed by atoms with Crippen molar-refractivity contribution in [1.29, 1.82) is 0 Å². The Bertz CT molecular complexity index is 400. The number of likely N-dealkylation sites (tertiary alicyclic amines) is 1. The smallest absolute Gasteiger partial charge is 0.107 e. The van der Waals surface area contributed by atoms with Gasteiger partial charge in [-0.25, -0.2) is 0 Å². The Balaban J connectivity index is 1.63. The van der Waals surface area contributed by atoms with Gasteiger partial charge in [0.05, 0.1) is 5.70 Å². The van der Waals surface area contributed by atoms with Gasteiger partial charge in [0.2, 0.25) is 0 Å². The minimum atomic E-state index is -0.260. The minimum absolute atomic E-state index is 0.194. The van der Waals surface area contributed by atoms with E-state index in [0.29, 0.717) is 5.70 Å². The van der Waals surface area contributed by atoms with Gasteiger partial charge in [0, 0.05) is 19.0 Å². The Morgan fingerprint density at radius 1 is 1.13 bits per heavy atom. The average molecular weight is 320 g/mol. The van der Waals surface area contributed by atoms with Crippen molar-refractivity contribution >= 4 is 0 Å². The number of rotatable bonds is 8. The molecule has 1 aliphatic carbocycles. The van der Waals surface area contributed by atoms with Gasteiger partial charge in [0.25, 0.3) is 0 Å². The number of nitroso groups, excluding NO2 is 1. The van der Waals surface area contributed by atoms with Crippen LogP contribution >= 0.6 is 0 Å². The molecule has 0 bridgehead atoms. The summed E-state index contributed by atoms with van der Waals surface area (Å²) >= 11 is 0. The van der Waals surface area contributed by atoms with Gasteiger partial charge in [-0.05, 0) is 56.5 Å². The first-order chi connectivity index (χ1) is 11.3. The van der Waals surface area contributed by atoms with Crippen molar-refractivity contribution < 1.29 is 5.11 Å². The van der Waals surface area contributed by atoms with Gasteiger partial charge in [-0.15, -0.1) is 4.91 Å². The highest BCUT2D eigenvalue weighted by Gasteiger charge is 2.18. The third kappa shape index (κ3) is 6.56. The van der Waals surface area contributed by atoms with Gasteiger partial charge >= 0.3 is 0 Å². The van der Waals surface area contributed by atoms with Crippen LogP contribution in [0.2, 0.25) is 0 Å². The topological polar surface area (TPSA) is 52.9 Å². The predicted molar refractivity (Wildman–Crippen MR) is 94.9 cm³/mol. The monoisotopic (exact) mass is 320 g/mol. The average Bonchev–Trinajstić information content (AvgIpc) is 2.57. The highest BCUT2D eigenvalue weighted by Crippen LogP contribution is 2.25. The zero-order valence-electron chi connectivity index (χ0n) is 14.3. The summed E-state index contributed by atoms with van der Waals surface area (Å²) in [6, 6.07) is 0. The first-order valence-corrected chi connectivity index (χ1v) is 9.43. The largest absolute Gasteiger partial charge is 0.378 e. The van der Waals surface area contributed by atoms with E-state index >= 15 is 0 Å². The zero-order chi connectivity index (χ0) is 16.3. The number of hydrogen-bond donors (Lipinski definition) is 1. The molecular formula is C19H32N2O2. The number of hydrogen-bond acceptors (Lipinski definition) is 4. The zero-order valence-corrected chi connectivity index (χ0v) is 14.3. The van der Waals surface area contributed by atoms with Crippen molar-refractivity contribution in [1.82, 2.24) is 4.90 Å². The third-order valence-corrected chi connectivity index (χ3v) is 5.07. The summed E-state index contributed by atoms with van der Waals surface area (Å²) in [6.45, 7) is 2.10. The molecule has 0 saturated carbocycles. The summed E-state index contributed by atoms with van der Waals surface area (Å²) in [5.74, 6) is 0.194. The van der Waals surface area contributed by atoms with E-state index < -0.39 is 0 Å². The summed E-state index contributed by atoms with van der Waals surface area (Å²) < 4.78 is 0. The summed E-state index contributed by atoms with van der Waals surface area (Å²) in [6.07, 6.45) is 18.2. The molecule has 23 heavy (non-hydrogen) atoms. The third-order valence-electron chi connectivity index (χ3n) is 5.07. The molecule has 2 unspecified atom stereocenters. The van der Waals surface area contributed by atoms with Gasteiger partial charge in [-0.1, -0.05) is 37.5 Å². The van der Waals surface area contributed by atoms with Crippen molar-refractivity contribution in [3.8, 4) is 0 Å². The van der Waals surface area contributed by atoms with Crippen molar-refractivity contribution in [2.24, 2.45) is 11.1 Å². The molecule has 1 N–H and O–H groups in total. The SMILES string of the molecule is O=N/C1=C/CCCC=CC1CCCCCC(O)N1CCCCC1. The molecule has 0 spiro atoms. The molecule has 2 rings (SSSR count). The highest BCUT2D eigenvalue weighted by atomic mass is 16.3. The first kappa shape index (κ1) is 18.3. The predicted octanol–water partition coefficient (Wildman–Crippen LogP) is 4.75. The molecule has 0 aromatic rings. The highest BCUT2D eigenvalue weighted by molar-refractivity contribution is 5.13. The molecule has 130 valence electrons. The van der Waals surface area contributed by atoms with Crippen LogP contribution in [0.5, 0.6) is 0 Å². The number of nitrogens with zero attached hydrogens (tertiary/aromatic N) is 2. The fraction of sp³-hybridized carbons (Fsp3) is 0.789. The normalized spacial score (nSPS) is 26.8. The molecule has 1 heterocycles. The lowest BCUT2D eigenvalue weighted by molar-refractivity contribution is -0.0148. The van der Waals surface area contributed by atoms with E-state index in [0.717, 1.165) is 64.5 Å². The second kappa shape index (κ2) is 10.7. The van der Waals surface area contributed by atoms with Crippen molar-refractivity contribution in [2.75, 3.05) is 13.1 Å². The lowest BCUT2D eigenvalue weighted by Crippen LogP contribution is -2.39. The standard InChI is InChI=1S/C19H32N2O2/c22-19(21-15-9-4-10-16-21)14-8-3-6-12-17-11-5-1-2-7-13-18(17)20-23/h5,11,13,17,19,22H,1-4,6-10,12,14-16H2/b11-5?,18-13+. The van der Waals surface area contributed by atoms with E-state index in [4.69, 9.17) is 0 Å². The number of piperidine rings is 1. The Morgan fingerprint density at radius 2 is 1.96 bits per heavy atom. The van der Waals surface area contributed by atoms with Crippen LogP contribution in [0.1, 0.15) is 70.6 Å². The number of allylic oxidation sites excluding steroid dienone is 3. The van der Waals surface area contributed by atoms with Gasteiger partial charge < -0.3 is 5.11 Å². The fourth-order valence-corrected chi connectivity index (χ4v) is 3.61. The summed E-state index contributed by atoms with van der Waals surface area (Å²) in [4.78, 5) is 13.2. The Morgan fingerprint density at radius 3 is 2.74 bits per heavy atom. The molecule has 4 nitrogen and oxygen atoms in total. The van der Waals surface area contributed by atoms with Gasteiger partial charge in [-0.2, -0.15) is 0 Å². The molecule has 0 radical (unpaired) electrons. The molecule has 0 aromatic carbocycles. The number of aliphatic hydroxyl groups excluding tert-OH is 1. The van der Waals surface area contributed by atoms with Gasteiger partial charge in [0.15, 0.2) is 0 Å². The lowest BCUT2D eigenvalue weighted by Gasteiger charge is -2.31. The maximum atomic E-state index is 11.0. The minimum Gasteiger partial charge on any atom is -0.378 e. The summed E-state index contributed by atoms with van der Waals surface area (Å²) in [5, 5.41) is 13.5. The van der Waals surface area contributed by atoms with Crippen LogP contribution in [-0.4, -0.2) is 29.3 Å². The van der Waals surface area contributed by atoms with Crippen LogP contribution in [0.4, 0.5) is 0 Å². The second-order valence-corrected chi connectivity index (χ2v) is 6.90. The Hall–Kier alpha value is -1.00. The van der Waals surface area contributed by atoms with Crippen molar-refractivity contribution in [3.63, 3.8) is 0 Å². The summed E-state index contributed by atoms with van der Waals surface area (Å²) in [7, 11) is 0. The molecule has 0 aromatic heterocycles. The van der Waals surface area contributed by atoms with E-state index in [1.807, 2.05) is 6.08 Å². The number of aliphatic hydroxyl groups is 1. The molecule has 1 saturated heterocycles. The van der Waals surface area contributed by atoms with Crippen molar-refractivity contribution in [2.45, 2.75) is 76.9 Å². The molecule has 1 fully saturated rings. The maximum Gasteiger partial charge on any atom is 0.107 e. The van der Waals surface area contributed by atoms with Crippen LogP contribution < -0.4 is 0 Å². The van der Waals surface area contributed by atoms with Crippen LogP contribution in [0.3, 0.4) is 0 Å². The van der Waals surface area contributed by atoms with Gasteiger partial charge in [-0.3, -0.25) is 4.90 Å². The molecule has 2 aliphatic rings. The lowest BCUT2D eigenvalue weighted by atomic mass is 9.94. The van der Waals surface area contributed by atoms with E-state index in [2.05, 4.69) is 22.2 Å². The first-order valence-electron chi connectivity index (χ1n) is 9.43. The Labute approximate surface area is 140 Å². The quantitative estimate of drug-likeness (QED) is 0.399. The van der Waals surface area contributed by atoms with E-state index in [9.17, 15) is 10.0 Å². The molecule has 2 atom stereocenters. The van der Waals surface area contributed by atoms with E-state index in [-0.39, 0.29) is 12.1 Å². The summed E-state index contributed by atoms with van der Waals surface area (Å²) in [5.41, 5.74) is 0.717. The van der Waals surface area contributed by atoms with Gasteiger partial charge in [0.1, 0.15) is 6.23 Å². The van der Waals surface area contributed by atoms with E-state index in [1.54, 1.807) is 0 Å². The molecular weight excluding hydrogens is 288 g/mol. The van der Waals surface area contributed by atoms with Crippen LogP contribution in [0.15, 0.2) is 29.1 Å².